The van der Waals surface area contributed by atoms with Crippen LogP contribution >= 0.6 is 11.3 Å². The summed E-state index contributed by atoms with van der Waals surface area (Å²) in [5.41, 5.74) is 1.63. The number of hydrogen-bond acceptors (Lipinski definition) is 5. The largest absolute Gasteiger partial charge is 0.453 e. The molecule has 2 heterocycles. The Hall–Kier alpha value is -1.58. The Labute approximate surface area is 97.0 Å². The maximum absolute atomic E-state index is 11.1. The highest BCUT2D eigenvalue weighted by Crippen LogP contribution is 2.34. The van der Waals surface area contributed by atoms with Crippen LogP contribution in [0, 0.1) is 11.3 Å². The predicted molar refractivity (Wildman–Crippen MR) is 60.5 cm³/mol. The molecular weight excluding hydrogens is 226 g/mol. The van der Waals surface area contributed by atoms with E-state index in [1.807, 2.05) is 0 Å². The average molecular weight is 237 g/mol. The van der Waals surface area contributed by atoms with Gasteiger partial charge in [-0.05, 0) is 18.5 Å². The molecule has 0 aliphatic carbocycles. The van der Waals surface area contributed by atoms with Crippen molar-refractivity contribution in [2.75, 3.05) is 19.0 Å². The first-order chi connectivity index (χ1) is 7.76. The van der Waals surface area contributed by atoms with Crippen molar-refractivity contribution in [1.82, 2.24) is 5.32 Å². The molecule has 1 aromatic rings. The third kappa shape index (κ3) is 1.87. The summed E-state index contributed by atoms with van der Waals surface area (Å²) in [4.78, 5) is 12.2. The van der Waals surface area contributed by atoms with Gasteiger partial charge in [-0.2, -0.15) is 5.26 Å². The molecule has 2 N–H and O–H groups in total. The molecule has 0 radical (unpaired) electrons. The highest BCUT2D eigenvalue weighted by atomic mass is 32.1. The van der Waals surface area contributed by atoms with Gasteiger partial charge in [-0.25, -0.2) is 4.79 Å². The van der Waals surface area contributed by atoms with Crippen LogP contribution in [0.5, 0.6) is 0 Å². The summed E-state index contributed by atoms with van der Waals surface area (Å²) in [5, 5.41) is 15.5. The van der Waals surface area contributed by atoms with E-state index in [0.717, 1.165) is 30.0 Å². The zero-order valence-electron chi connectivity index (χ0n) is 8.79. The molecule has 5 nitrogen and oxygen atoms in total. The summed E-state index contributed by atoms with van der Waals surface area (Å²) in [6, 6.07) is 2.15. The Balaban J connectivity index is 2.35. The van der Waals surface area contributed by atoms with Gasteiger partial charge in [0.2, 0.25) is 0 Å². The predicted octanol–water partition coefficient (Wildman–Crippen LogP) is 1.44. The number of carbonyl (C=O) groups is 1. The number of ether oxygens (including phenoxy) is 1. The number of nitrogens with one attached hydrogen (secondary N) is 2. The van der Waals surface area contributed by atoms with E-state index in [9.17, 15) is 4.79 Å². The standard InChI is InChI=1S/C10H11N3O2S/c1-15-10(14)13-9-7(4-11)6-2-3-12-5-8(6)16-9/h12H,2-3,5H2,1H3,(H,13,14). The number of nitriles is 1. The maximum atomic E-state index is 11.1. The van der Waals surface area contributed by atoms with Crippen molar-refractivity contribution in [3.05, 3.63) is 16.0 Å². The fraction of sp³-hybridized carbons (Fsp3) is 0.400. The Kier molecular flexibility index (Phi) is 3.08. The second-order valence-corrected chi connectivity index (χ2v) is 4.47. The number of nitrogens with zero attached hydrogens (tertiary/aromatic N) is 1. The minimum Gasteiger partial charge on any atom is -0.453 e. The third-order valence-electron chi connectivity index (χ3n) is 2.44. The van der Waals surface area contributed by atoms with Crippen molar-refractivity contribution in [1.29, 1.82) is 5.26 Å². The lowest BCUT2D eigenvalue weighted by atomic mass is 10.1. The fourth-order valence-corrected chi connectivity index (χ4v) is 2.84. The summed E-state index contributed by atoms with van der Waals surface area (Å²) in [6.07, 6.45) is 0.292. The van der Waals surface area contributed by atoms with Crippen molar-refractivity contribution < 1.29 is 9.53 Å². The highest BCUT2D eigenvalue weighted by molar-refractivity contribution is 7.16. The van der Waals surface area contributed by atoms with Crippen LogP contribution in [0.25, 0.3) is 0 Å². The number of fused-ring (bicyclic) bond motifs is 1. The molecule has 0 bridgehead atoms. The van der Waals surface area contributed by atoms with Gasteiger partial charge in [-0.15, -0.1) is 11.3 Å². The van der Waals surface area contributed by atoms with Crippen molar-refractivity contribution in [2.45, 2.75) is 13.0 Å². The van der Waals surface area contributed by atoms with E-state index in [1.54, 1.807) is 0 Å². The molecular formula is C10H11N3O2S. The lowest BCUT2D eigenvalue weighted by Gasteiger charge is -2.11. The van der Waals surface area contributed by atoms with Crippen molar-refractivity contribution in [3.63, 3.8) is 0 Å². The molecule has 0 spiro atoms. The molecule has 0 saturated heterocycles. The van der Waals surface area contributed by atoms with E-state index in [4.69, 9.17) is 5.26 Å². The number of hydrogen-bond donors (Lipinski definition) is 2. The molecule has 1 aliphatic rings. The first kappa shape index (κ1) is 10.9. The minimum absolute atomic E-state index is 0.539. The van der Waals surface area contributed by atoms with E-state index in [2.05, 4.69) is 21.4 Å². The van der Waals surface area contributed by atoms with Crippen molar-refractivity contribution in [3.8, 4) is 6.07 Å². The number of thiophene rings is 1. The second-order valence-electron chi connectivity index (χ2n) is 3.36. The molecule has 2 rings (SSSR count). The number of amides is 1. The van der Waals surface area contributed by atoms with Gasteiger partial charge in [0.1, 0.15) is 11.1 Å². The topological polar surface area (TPSA) is 74.1 Å². The van der Waals surface area contributed by atoms with Gasteiger partial charge in [0.15, 0.2) is 0 Å². The lowest BCUT2D eigenvalue weighted by molar-refractivity contribution is 0.187. The van der Waals surface area contributed by atoms with Gasteiger partial charge in [0.05, 0.1) is 12.7 Å². The van der Waals surface area contributed by atoms with Crippen LogP contribution in [0.3, 0.4) is 0 Å². The number of anilines is 1. The molecule has 84 valence electrons. The first-order valence-corrected chi connectivity index (χ1v) is 5.68. The lowest BCUT2D eigenvalue weighted by Crippen LogP contribution is -2.22. The first-order valence-electron chi connectivity index (χ1n) is 4.86. The molecule has 0 unspecified atom stereocenters. The Morgan fingerprint density at radius 2 is 2.50 bits per heavy atom. The minimum atomic E-state index is -0.539. The molecule has 0 aromatic carbocycles. The zero-order valence-corrected chi connectivity index (χ0v) is 9.61. The summed E-state index contributed by atoms with van der Waals surface area (Å²) in [6.45, 7) is 1.63. The fourth-order valence-electron chi connectivity index (χ4n) is 1.68. The molecule has 1 amide bonds. The average Bonchev–Trinajstić information content (AvgIpc) is 2.65. The van der Waals surface area contributed by atoms with Crippen molar-refractivity contribution in [2.24, 2.45) is 0 Å². The molecule has 0 fully saturated rings. The Morgan fingerprint density at radius 3 is 3.19 bits per heavy atom. The normalized spacial score (nSPS) is 13.8. The van der Waals surface area contributed by atoms with E-state index >= 15 is 0 Å². The van der Waals surface area contributed by atoms with Gasteiger partial charge in [0, 0.05) is 11.4 Å². The van der Waals surface area contributed by atoms with Crippen LogP contribution in [0.1, 0.15) is 16.0 Å². The van der Waals surface area contributed by atoms with Crippen LogP contribution < -0.4 is 10.6 Å². The van der Waals surface area contributed by atoms with Gasteiger partial charge >= 0.3 is 6.09 Å². The van der Waals surface area contributed by atoms with Gasteiger partial charge in [-0.1, -0.05) is 0 Å². The Morgan fingerprint density at radius 1 is 1.69 bits per heavy atom. The summed E-state index contributed by atoms with van der Waals surface area (Å²) in [7, 11) is 1.30. The third-order valence-corrected chi connectivity index (χ3v) is 3.59. The van der Waals surface area contributed by atoms with Crippen LogP contribution in [-0.2, 0) is 17.7 Å². The number of methoxy groups -OCH3 is 1. The van der Waals surface area contributed by atoms with E-state index in [-0.39, 0.29) is 0 Å². The smallest absolute Gasteiger partial charge is 0.411 e. The van der Waals surface area contributed by atoms with Crippen LogP contribution in [0.4, 0.5) is 9.80 Å². The molecule has 6 heteroatoms. The molecule has 1 aliphatic heterocycles. The molecule has 16 heavy (non-hydrogen) atoms. The van der Waals surface area contributed by atoms with E-state index in [1.165, 1.54) is 18.4 Å². The number of carbonyl (C=O) groups excluding carboxylic acids is 1. The summed E-state index contributed by atoms with van der Waals surface area (Å²) < 4.78 is 4.52. The molecule has 0 atom stereocenters. The van der Waals surface area contributed by atoms with Crippen LogP contribution in [0.15, 0.2) is 0 Å². The number of rotatable bonds is 1. The van der Waals surface area contributed by atoms with Crippen LogP contribution in [-0.4, -0.2) is 19.7 Å². The molecule has 0 saturated carbocycles. The summed E-state index contributed by atoms with van der Waals surface area (Å²) >= 11 is 1.43. The van der Waals surface area contributed by atoms with Gasteiger partial charge in [-0.3, -0.25) is 5.32 Å². The SMILES string of the molecule is COC(=O)Nc1sc2c(c1C#N)CCNC2. The second kappa shape index (κ2) is 4.51. The van der Waals surface area contributed by atoms with Crippen LogP contribution in [0.2, 0.25) is 0 Å². The van der Waals surface area contributed by atoms with Gasteiger partial charge < -0.3 is 10.1 Å². The zero-order chi connectivity index (χ0) is 11.5. The molecule has 1 aromatic heterocycles. The summed E-state index contributed by atoms with van der Waals surface area (Å²) in [5.74, 6) is 0. The van der Waals surface area contributed by atoms with Crippen molar-refractivity contribution >= 4 is 22.4 Å². The van der Waals surface area contributed by atoms with Gasteiger partial charge in [0.25, 0.3) is 0 Å². The Bertz CT molecular complexity index is 461. The monoisotopic (exact) mass is 237 g/mol. The quantitative estimate of drug-likeness (QED) is 0.775. The highest BCUT2D eigenvalue weighted by Gasteiger charge is 2.21. The van der Waals surface area contributed by atoms with E-state index in [0.29, 0.717) is 10.6 Å². The maximum Gasteiger partial charge on any atom is 0.411 e. The van der Waals surface area contributed by atoms with E-state index < -0.39 is 6.09 Å².